The summed E-state index contributed by atoms with van der Waals surface area (Å²) in [7, 11) is 1.77. The minimum Gasteiger partial charge on any atom is -0.469 e. The molecule has 2 aromatic rings. The van der Waals surface area contributed by atoms with Gasteiger partial charge >= 0.3 is 0 Å². The van der Waals surface area contributed by atoms with Crippen molar-refractivity contribution in [1.29, 1.82) is 0 Å². The largest absolute Gasteiger partial charge is 0.469 e. The summed E-state index contributed by atoms with van der Waals surface area (Å²) in [4.78, 5) is 5.45. The molecule has 0 aliphatic carbocycles. The summed E-state index contributed by atoms with van der Waals surface area (Å²) in [5, 5.41) is 8.61. The van der Waals surface area contributed by atoms with Crippen LogP contribution in [-0.2, 0) is 13.0 Å². The van der Waals surface area contributed by atoms with Crippen molar-refractivity contribution >= 4 is 33.2 Å². The molecule has 2 rings (SSSR count). The Labute approximate surface area is 125 Å². The van der Waals surface area contributed by atoms with Crippen LogP contribution >= 0.6 is 27.3 Å². The minimum absolute atomic E-state index is 0.774. The Morgan fingerprint density at radius 1 is 1.47 bits per heavy atom. The molecule has 6 heteroatoms. The number of guanidine groups is 1. The van der Waals surface area contributed by atoms with Crippen molar-refractivity contribution in [2.24, 2.45) is 4.99 Å². The normalized spacial score (nSPS) is 11.6. The van der Waals surface area contributed by atoms with Gasteiger partial charge in [-0.25, -0.2) is 0 Å². The zero-order chi connectivity index (χ0) is 13.5. The molecular weight excluding hydrogens is 326 g/mol. The van der Waals surface area contributed by atoms with Gasteiger partial charge in [0.05, 0.1) is 12.8 Å². The molecule has 0 aromatic carbocycles. The lowest BCUT2D eigenvalue weighted by Crippen LogP contribution is -2.37. The minimum atomic E-state index is 0.774. The predicted octanol–water partition coefficient (Wildman–Crippen LogP) is 3.01. The summed E-state index contributed by atoms with van der Waals surface area (Å²) < 4.78 is 6.40. The molecule has 0 saturated carbocycles. The summed E-state index contributed by atoms with van der Waals surface area (Å²) in [6, 6.07) is 5.98. The van der Waals surface area contributed by atoms with Crippen LogP contribution in [0.3, 0.4) is 0 Å². The van der Waals surface area contributed by atoms with Crippen molar-refractivity contribution in [3.05, 3.63) is 45.0 Å². The molecule has 0 aliphatic heterocycles. The Balaban J connectivity index is 1.71. The Morgan fingerprint density at radius 3 is 3.00 bits per heavy atom. The van der Waals surface area contributed by atoms with Crippen molar-refractivity contribution in [2.45, 2.75) is 13.0 Å². The summed E-state index contributed by atoms with van der Waals surface area (Å²) in [5.41, 5.74) is 0. The van der Waals surface area contributed by atoms with E-state index in [9.17, 15) is 0 Å². The van der Waals surface area contributed by atoms with E-state index >= 15 is 0 Å². The van der Waals surface area contributed by atoms with E-state index in [1.165, 1.54) is 4.88 Å². The highest BCUT2D eigenvalue weighted by Gasteiger charge is 2.01. The Morgan fingerprint density at radius 2 is 2.37 bits per heavy atom. The van der Waals surface area contributed by atoms with Crippen molar-refractivity contribution in [3.8, 4) is 0 Å². The number of hydrogen-bond acceptors (Lipinski definition) is 3. The van der Waals surface area contributed by atoms with Crippen LogP contribution in [0.25, 0.3) is 0 Å². The van der Waals surface area contributed by atoms with Gasteiger partial charge in [0.15, 0.2) is 5.96 Å². The topological polar surface area (TPSA) is 49.6 Å². The first-order valence-corrected chi connectivity index (χ1v) is 7.65. The summed E-state index contributed by atoms with van der Waals surface area (Å²) in [6.45, 7) is 1.57. The SMILES string of the molecule is CN=C(NCCc1ccco1)NCc1cc(Br)cs1. The van der Waals surface area contributed by atoms with E-state index in [4.69, 9.17) is 4.42 Å². The van der Waals surface area contributed by atoms with Crippen LogP contribution in [0.1, 0.15) is 10.6 Å². The zero-order valence-electron chi connectivity index (χ0n) is 10.6. The number of halogens is 1. The number of rotatable bonds is 5. The molecule has 0 spiro atoms. The van der Waals surface area contributed by atoms with Gasteiger partial charge in [-0.3, -0.25) is 4.99 Å². The maximum atomic E-state index is 5.28. The first-order chi connectivity index (χ1) is 9.28. The molecule has 2 heterocycles. The fourth-order valence-corrected chi connectivity index (χ4v) is 2.99. The third kappa shape index (κ3) is 4.72. The standard InChI is InChI=1S/C13H16BrN3OS/c1-15-13(16-5-4-11-3-2-6-18-11)17-8-12-7-10(14)9-19-12/h2-3,6-7,9H,4-5,8H2,1H3,(H2,15,16,17). The van der Waals surface area contributed by atoms with Crippen LogP contribution in [0.2, 0.25) is 0 Å². The molecule has 0 fully saturated rings. The molecule has 0 aliphatic rings. The highest BCUT2D eigenvalue weighted by Crippen LogP contribution is 2.19. The Hall–Kier alpha value is -1.27. The molecule has 0 unspecified atom stereocenters. The highest BCUT2D eigenvalue weighted by molar-refractivity contribution is 9.10. The molecule has 0 amide bonds. The van der Waals surface area contributed by atoms with Gasteiger partial charge in [-0.05, 0) is 34.1 Å². The summed E-state index contributed by atoms with van der Waals surface area (Å²) >= 11 is 5.16. The number of furan rings is 1. The van der Waals surface area contributed by atoms with Gasteiger partial charge in [0, 0.05) is 34.7 Å². The first kappa shape index (κ1) is 14.1. The van der Waals surface area contributed by atoms with Crippen LogP contribution in [0.4, 0.5) is 0 Å². The van der Waals surface area contributed by atoms with E-state index in [2.05, 4.69) is 43.0 Å². The van der Waals surface area contributed by atoms with Gasteiger partial charge in [-0.2, -0.15) is 0 Å². The van der Waals surface area contributed by atoms with Crippen molar-refractivity contribution in [3.63, 3.8) is 0 Å². The molecule has 0 bridgehead atoms. The first-order valence-electron chi connectivity index (χ1n) is 5.98. The van der Waals surface area contributed by atoms with Gasteiger partial charge in [0.2, 0.25) is 0 Å². The quantitative estimate of drug-likeness (QED) is 0.649. The van der Waals surface area contributed by atoms with Crippen molar-refractivity contribution in [1.82, 2.24) is 10.6 Å². The van der Waals surface area contributed by atoms with Crippen molar-refractivity contribution < 1.29 is 4.42 Å². The number of nitrogens with one attached hydrogen (secondary N) is 2. The van der Waals surface area contributed by atoms with E-state index in [0.717, 1.165) is 35.7 Å². The fraction of sp³-hybridized carbons (Fsp3) is 0.308. The smallest absolute Gasteiger partial charge is 0.191 e. The summed E-state index contributed by atoms with van der Waals surface area (Å²) in [6.07, 6.45) is 2.54. The van der Waals surface area contributed by atoms with Crippen LogP contribution in [0.5, 0.6) is 0 Å². The van der Waals surface area contributed by atoms with Gasteiger partial charge in [-0.15, -0.1) is 11.3 Å². The average molecular weight is 342 g/mol. The van der Waals surface area contributed by atoms with Crippen LogP contribution in [0.15, 0.2) is 43.7 Å². The van der Waals surface area contributed by atoms with Gasteiger partial charge < -0.3 is 15.1 Å². The average Bonchev–Trinajstić information content (AvgIpc) is 3.05. The lowest BCUT2D eigenvalue weighted by molar-refractivity contribution is 0.507. The zero-order valence-corrected chi connectivity index (χ0v) is 13.1. The number of nitrogens with zero attached hydrogens (tertiary/aromatic N) is 1. The molecule has 0 atom stereocenters. The lowest BCUT2D eigenvalue weighted by atomic mass is 10.3. The molecule has 102 valence electrons. The highest BCUT2D eigenvalue weighted by atomic mass is 79.9. The van der Waals surface area contributed by atoms with E-state index in [0.29, 0.717) is 0 Å². The van der Waals surface area contributed by atoms with Gasteiger partial charge in [0.25, 0.3) is 0 Å². The monoisotopic (exact) mass is 341 g/mol. The second kappa shape index (κ2) is 7.35. The maximum absolute atomic E-state index is 5.28. The van der Waals surface area contributed by atoms with E-state index in [1.54, 1.807) is 24.6 Å². The molecule has 2 aromatic heterocycles. The molecule has 0 radical (unpaired) electrons. The molecular formula is C13H16BrN3OS. The predicted molar refractivity (Wildman–Crippen MR) is 82.6 cm³/mol. The van der Waals surface area contributed by atoms with E-state index < -0.39 is 0 Å². The van der Waals surface area contributed by atoms with Crippen LogP contribution in [-0.4, -0.2) is 19.6 Å². The van der Waals surface area contributed by atoms with E-state index in [-0.39, 0.29) is 0 Å². The lowest BCUT2D eigenvalue weighted by Gasteiger charge is -2.10. The fourth-order valence-electron chi connectivity index (χ4n) is 1.60. The number of hydrogen-bond donors (Lipinski definition) is 2. The summed E-state index contributed by atoms with van der Waals surface area (Å²) in [5.74, 6) is 1.78. The van der Waals surface area contributed by atoms with E-state index in [1.807, 2.05) is 12.1 Å². The number of thiophene rings is 1. The third-order valence-corrected chi connectivity index (χ3v) is 4.22. The molecule has 2 N–H and O–H groups in total. The second-order valence-electron chi connectivity index (χ2n) is 3.91. The molecule has 0 saturated heterocycles. The maximum Gasteiger partial charge on any atom is 0.191 e. The van der Waals surface area contributed by atoms with Gasteiger partial charge in [-0.1, -0.05) is 0 Å². The number of aliphatic imine (C=N–C) groups is 1. The van der Waals surface area contributed by atoms with Gasteiger partial charge in [0.1, 0.15) is 5.76 Å². The molecule has 19 heavy (non-hydrogen) atoms. The van der Waals surface area contributed by atoms with Crippen LogP contribution in [0, 0.1) is 0 Å². The Bertz CT molecular complexity index is 522. The van der Waals surface area contributed by atoms with Crippen molar-refractivity contribution in [2.75, 3.05) is 13.6 Å². The third-order valence-electron chi connectivity index (χ3n) is 2.52. The molecule has 4 nitrogen and oxygen atoms in total. The second-order valence-corrected chi connectivity index (χ2v) is 5.82. The Kier molecular flexibility index (Phi) is 5.47. The van der Waals surface area contributed by atoms with Crippen LogP contribution < -0.4 is 10.6 Å².